The second-order valence-electron chi connectivity index (χ2n) is 7.09. The first-order chi connectivity index (χ1) is 16.6. The van der Waals surface area contributed by atoms with Gasteiger partial charge < -0.3 is 19.5 Å². The Morgan fingerprint density at radius 1 is 1.00 bits per heavy atom. The molecule has 4 rings (SSSR count). The van der Waals surface area contributed by atoms with Crippen molar-refractivity contribution in [3.8, 4) is 32.6 Å². The summed E-state index contributed by atoms with van der Waals surface area (Å²) in [5, 5.41) is 5.49. The van der Waals surface area contributed by atoms with Gasteiger partial charge in [0.1, 0.15) is 16.5 Å². The van der Waals surface area contributed by atoms with Gasteiger partial charge in [-0.25, -0.2) is 4.98 Å². The predicted octanol–water partition coefficient (Wildman–Crippen LogP) is 5.28. The average molecular weight is 495 g/mol. The molecule has 0 radical (unpaired) electrons. The summed E-state index contributed by atoms with van der Waals surface area (Å²) in [5.41, 5.74) is 2.21. The van der Waals surface area contributed by atoms with E-state index in [4.69, 9.17) is 19.2 Å². The van der Waals surface area contributed by atoms with Gasteiger partial charge in [-0.3, -0.25) is 9.59 Å². The molecule has 0 fully saturated rings. The molecule has 0 aliphatic heterocycles. The highest BCUT2D eigenvalue weighted by molar-refractivity contribution is 7.17. The molecule has 7 nitrogen and oxygen atoms in total. The molecule has 2 aromatic carbocycles. The molecule has 2 heterocycles. The van der Waals surface area contributed by atoms with Gasteiger partial charge >= 0.3 is 5.97 Å². The van der Waals surface area contributed by atoms with E-state index in [0.717, 1.165) is 26.0 Å². The van der Waals surface area contributed by atoms with E-state index in [1.807, 2.05) is 47.8 Å². The zero-order valence-electron chi connectivity index (χ0n) is 18.6. The number of carbonyl (C=O) groups is 2. The second-order valence-corrected chi connectivity index (χ2v) is 9.12. The zero-order valence-corrected chi connectivity index (χ0v) is 20.2. The van der Waals surface area contributed by atoms with Crippen LogP contribution < -0.4 is 14.8 Å². The van der Waals surface area contributed by atoms with Crippen molar-refractivity contribution in [3.63, 3.8) is 0 Å². The van der Waals surface area contributed by atoms with Crippen molar-refractivity contribution < 1.29 is 23.8 Å². The summed E-state index contributed by atoms with van der Waals surface area (Å²) in [6.45, 7) is -0.410. The molecular weight excluding hydrogens is 472 g/mol. The first kappa shape index (κ1) is 23.5. The highest BCUT2D eigenvalue weighted by atomic mass is 32.1. The van der Waals surface area contributed by atoms with Gasteiger partial charge in [-0.05, 0) is 23.6 Å². The Balaban J connectivity index is 1.42. The maximum Gasteiger partial charge on any atom is 0.311 e. The number of methoxy groups -OCH3 is 2. The van der Waals surface area contributed by atoms with Crippen LogP contribution in [0, 0.1) is 0 Å². The maximum absolute atomic E-state index is 12.6. The van der Waals surface area contributed by atoms with Gasteiger partial charge in [0.05, 0.1) is 36.9 Å². The third-order valence-electron chi connectivity index (χ3n) is 4.82. The van der Waals surface area contributed by atoms with Crippen LogP contribution in [0.25, 0.3) is 21.1 Å². The van der Waals surface area contributed by atoms with E-state index in [1.54, 1.807) is 36.6 Å². The Morgan fingerprint density at radius 3 is 2.53 bits per heavy atom. The minimum absolute atomic E-state index is 0.0247. The molecule has 0 bridgehead atoms. The lowest BCUT2D eigenvalue weighted by molar-refractivity contribution is -0.146. The maximum atomic E-state index is 12.6. The number of ether oxygens (including phenoxy) is 3. The molecular formula is C25H22N2O5S2. The average Bonchev–Trinajstić information content (AvgIpc) is 3.54. The van der Waals surface area contributed by atoms with E-state index < -0.39 is 18.5 Å². The van der Waals surface area contributed by atoms with Crippen LogP contribution in [-0.2, 0) is 20.7 Å². The van der Waals surface area contributed by atoms with Crippen LogP contribution in [0.1, 0.15) is 4.88 Å². The van der Waals surface area contributed by atoms with Gasteiger partial charge in [0.2, 0.25) is 0 Å². The van der Waals surface area contributed by atoms with Crippen LogP contribution in [0.5, 0.6) is 11.5 Å². The summed E-state index contributed by atoms with van der Waals surface area (Å²) in [6.07, 6.45) is 0.0247. The van der Waals surface area contributed by atoms with E-state index >= 15 is 0 Å². The molecule has 174 valence electrons. The minimum Gasteiger partial charge on any atom is -0.497 e. The largest absolute Gasteiger partial charge is 0.497 e. The molecule has 34 heavy (non-hydrogen) atoms. The normalized spacial score (nSPS) is 10.5. The van der Waals surface area contributed by atoms with E-state index in [2.05, 4.69) is 5.32 Å². The fourth-order valence-electron chi connectivity index (χ4n) is 3.20. The Bertz CT molecular complexity index is 1270. The van der Waals surface area contributed by atoms with Crippen LogP contribution in [0.15, 0.2) is 66.0 Å². The van der Waals surface area contributed by atoms with E-state index in [9.17, 15) is 9.59 Å². The Labute approximate surface area is 205 Å². The lowest BCUT2D eigenvalue weighted by atomic mass is 10.2. The lowest BCUT2D eigenvalue weighted by Crippen LogP contribution is -2.21. The molecule has 0 spiro atoms. The van der Waals surface area contributed by atoms with Gasteiger partial charge in [-0.1, -0.05) is 36.4 Å². The molecule has 2 aromatic heterocycles. The Kier molecular flexibility index (Phi) is 7.56. The summed E-state index contributed by atoms with van der Waals surface area (Å²) in [6, 6.07) is 18.7. The molecule has 1 amide bonds. The van der Waals surface area contributed by atoms with Crippen LogP contribution in [0.4, 0.5) is 5.69 Å². The van der Waals surface area contributed by atoms with E-state index in [-0.39, 0.29) is 6.42 Å². The van der Waals surface area contributed by atoms with Gasteiger partial charge in [-0.15, -0.1) is 22.7 Å². The van der Waals surface area contributed by atoms with Crippen LogP contribution >= 0.6 is 22.7 Å². The monoisotopic (exact) mass is 494 g/mol. The molecule has 0 saturated heterocycles. The number of nitrogens with zero attached hydrogens (tertiary/aromatic N) is 1. The number of nitrogens with one attached hydrogen (secondary N) is 1. The summed E-state index contributed by atoms with van der Waals surface area (Å²) >= 11 is 3.01. The molecule has 0 aliphatic rings. The predicted molar refractivity (Wildman–Crippen MR) is 134 cm³/mol. The summed E-state index contributed by atoms with van der Waals surface area (Å²) in [7, 11) is 3.04. The van der Waals surface area contributed by atoms with Crippen LogP contribution in [0.3, 0.4) is 0 Å². The van der Waals surface area contributed by atoms with Crippen molar-refractivity contribution in [3.05, 3.63) is 70.9 Å². The number of hydrogen-bond acceptors (Lipinski definition) is 8. The summed E-state index contributed by atoms with van der Waals surface area (Å²) in [4.78, 5) is 31.5. The minimum atomic E-state index is -0.502. The highest BCUT2D eigenvalue weighted by Crippen LogP contribution is 2.36. The topological polar surface area (TPSA) is 86.8 Å². The number of benzene rings is 2. The number of esters is 1. The summed E-state index contributed by atoms with van der Waals surface area (Å²) in [5.74, 6) is 0.0717. The SMILES string of the molecule is COc1ccc(NC(=O)COC(=O)Cc2sc(-c3ccccc3)nc2-c2cccs2)c(OC)c1. The highest BCUT2D eigenvalue weighted by Gasteiger charge is 2.19. The smallest absolute Gasteiger partial charge is 0.311 e. The first-order valence-corrected chi connectivity index (χ1v) is 12.0. The van der Waals surface area contributed by atoms with Crippen LogP contribution in [0.2, 0.25) is 0 Å². The number of aromatic nitrogens is 1. The van der Waals surface area contributed by atoms with Gasteiger partial charge in [0.15, 0.2) is 6.61 Å². The third kappa shape index (κ3) is 5.62. The molecule has 4 aromatic rings. The molecule has 1 N–H and O–H groups in total. The molecule has 0 unspecified atom stereocenters. The van der Waals surface area contributed by atoms with Crippen molar-refractivity contribution in [1.29, 1.82) is 0 Å². The standard InChI is InChI=1S/C25H22N2O5S2/c1-30-17-10-11-18(19(13-17)31-2)26-22(28)15-32-23(29)14-21-24(20-9-6-12-33-20)27-25(34-21)16-7-4-3-5-8-16/h3-13H,14-15H2,1-2H3,(H,26,28). The van der Waals surface area contributed by atoms with Crippen molar-refractivity contribution in [2.24, 2.45) is 0 Å². The number of amides is 1. The number of anilines is 1. The quantitative estimate of drug-likeness (QED) is 0.319. The Hall–Kier alpha value is -3.69. The van der Waals surface area contributed by atoms with Gasteiger partial charge in [0.25, 0.3) is 5.91 Å². The van der Waals surface area contributed by atoms with Crippen LogP contribution in [-0.4, -0.2) is 37.7 Å². The molecule has 9 heteroatoms. The second kappa shape index (κ2) is 11.0. The van der Waals surface area contributed by atoms with Crippen molar-refractivity contribution in [2.75, 3.05) is 26.1 Å². The zero-order chi connectivity index (χ0) is 23.9. The number of thiazole rings is 1. The van der Waals surface area contributed by atoms with E-state index in [0.29, 0.717) is 17.2 Å². The number of carbonyl (C=O) groups excluding carboxylic acids is 2. The number of rotatable bonds is 9. The van der Waals surface area contributed by atoms with Gasteiger partial charge in [-0.2, -0.15) is 0 Å². The molecule has 0 atom stereocenters. The fraction of sp³-hybridized carbons (Fsp3) is 0.160. The lowest BCUT2D eigenvalue weighted by Gasteiger charge is -2.11. The van der Waals surface area contributed by atoms with Gasteiger partial charge in [0, 0.05) is 16.5 Å². The first-order valence-electron chi connectivity index (χ1n) is 10.3. The molecule has 0 saturated carbocycles. The third-order valence-corrected chi connectivity index (χ3v) is 6.81. The van der Waals surface area contributed by atoms with E-state index in [1.165, 1.54) is 18.4 Å². The number of thiophene rings is 1. The van der Waals surface area contributed by atoms with Crippen molar-refractivity contribution in [1.82, 2.24) is 4.98 Å². The number of hydrogen-bond donors (Lipinski definition) is 1. The molecule has 0 aliphatic carbocycles. The fourth-order valence-corrected chi connectivity index (χ4v) is 5.07. The summed E-state index contributed by atoms with van der Waals surface area (Å²) < 4.78 is 15.7. The Morgan fingerprint density at radius 2 is 1.82 bits per heavy atom. The van der Waals surface area contributed by atoms with Crippen molar-refractivity contribution >= 4 is 40.2 Å². The van der Waals surface area contributed by atoms with Crippen molar-refractivity contribution in [2.45, 2.75) is 6.42 Å².